The van der Waals surface area contributed by atoms with Crippen LogP contribution in [-0.4, -0.2) is 37.0 Å². The number of hydrogen-bond acceptors (Lipinski definition) is 6. The van der Waals surface area contributed by atoms with Gasteiger partial charge in [0.1, 0.15) is 18.2 Å². The predicted octanol–water partition coefficient (Wildman–Crippen LogP) is 4.21. The molecule has 0 radical (unpaired) electrons. The van der Waals surface area contributed by atoms with Crippen LogP contribution in [0.1, 0.15) is 51.3 Å². The number of nitrogens with zero attached hydrogens (tertiary/aromatic N) is 1. The summed E-state index contributed by atoms with van der Waals surface area (Å²) < 4.78 is 16.6. The number of allylic oxidation sites excluding steroid dienone is 1. The first-order chi connectivity index (χ1) is 14.4. The summed E-state index contributed by atoms with van der Waals surface area (Å²) in [5.74, 6) is 1.63. The molecule has 0 amide bonds. The van der Waals surface area contributed by atoms with Crippen molar-refractivity contribution in [3.63, 3.8) is 0 Å². The number of Topliss-reactive ketones (excluding diaryl/α,β-unsaturated/α-hetero) is 1. The van der Waals surface area contributed by atoms with Gasteiger partial charge in [0.2, 0.25) is 5.78 Å². The molecule has 4 rings (SSSR count). The Morgan fingerprint density at radius 1 is 1.23 bits per heavy atom. The Morgan fingerprint density at radius 2 is 1.97 bits per heavy atom. The van der Waals surface area contributed by atoms with E-state index < -0.39 is 5.97 Å². The molecule has 6 heteroatoms. The van der Waals surface area contributed by atoms with Crippen molar-refractivity contribution in [1.29, 1.82) is 0 Å². The third-order valence-corrected chi connectivity index (χ3v) is 5.25. The van der Waals surface area contributed by atoms with E-state index >= 15 is 0 Å². The highest BCUT2D eigenvalue weighted by Crippen LogP contribution is 2.43. The Balaban J connectivity index is 1.61. The molecule has 2 aliphatic rings. The third kappa shape index (κ3) is 3.71. The van der Waals surface area contributed by atoms with E-state index in [1.807, 2.05) is 13.0 Å². The molecule has 0 saturated heterocycles. The minimum atomic E-state index is -0.400. The molecule has 2 heterocycles. The lowest BCUT2D eigenvalue weighted by Crippen LogP contribution is -2.35. The summed E-state index contributed by atoms with van der Waals surface area (Å²) in [7, 11) is 1.34. The lowest BCUT2D eigenvalue weighted by atomic mass is 9.99. The van der Waals surface area contributed by atoms with Gasteiger partial charge in [-0.25, -0.2) is 4.79 Å². The maximum atomic E-state index is 13.0. The highest BCUT2D eigenvalue weighted by molar-refractivity contribution is 6.15. The summed E-state index contributed by atoms with van der Waals surface area (Å²) in [5, 5.41) is 0. The fraction of sp³-hybridized carbons (Fsp3) is 0.333. The largest absolute Gasteiger partial charge is 0.477 e. The van der Waals surface area contributed by atoms with E-state index in [-0.39, 0.29) is 11.5 Å². The summed E-state index contributed by atoms with van der Waals surface area (Å²) in [6.07, 6.45) is 1.69. The Labute approximate surface area is 176 Å². The maximum Gasteiger partial charge on any atom is 0.337 e. The molecule has 0 fully saturated rings. The molecule has 0 atom stereocenters. The van der Waals surface area contributed by atoms with Crippen molar-refractivity contribution < 1.29 is 23.8 Å². The zero-order valence-electron chi connectivity index (χ0n) is 17.7. The van der Waals surface area contributed by atoms with Crippen LogP contribution in [0, 0.1) is 12.8 Å². The highest BCUT2D eigenvalue weighted by atomic mass is 16.5. The molecule has 6 nitrogen and oxygen atoms in total. The van der Waals surface area contributed by atoms with Crippen LogP contribution in [0.5, 0.6) is 11.5 Å². The predicted molar refractivity (Wildman–Crippen MR) is 113 cm³/mol. The number of benzene rings is 2. The van der Waals surface area contributed by atoms with Gasteiger partial charge in [0.05, 0.1) is 18.2 Å². The van der Waals surface area contributed by atoms with Crippen LogP contribution in [0.25, 0.3) is 6.08 Å². The van der Waals surface area contributed by atoms with Crippen LogP contribution in [0.2, 0.25) is 0 Å². The zero-order chi connectivity index (χ0) is 21.4. The molecule has 0 N–H and O–H groups in total. The van der Waals surface area contributed by atoms with E-state index in [1.54, 1.807) is 30.3 Å². The molecule has 0 unspecified atom stereocenters. The van der Waals surface area contributed by atoms with Crippen LogP contribution >= 0.6 is 0 Å². The normalized spacial score (nSPS) is 16.8. The smallest absolute Gasteiger partial charge is 0.337 e. The first-order valence-electron chi connectivity index (χ1n) is 10.0. The summed E-state index contributed by atoms with van der Waals surface area (Å²) in [4.78, 5) is 26.8. The Hall–Kier alpha value is -3.12. The minimum Gasteiger partial charge on any atom is -0.477 e. The summed E-state index contributed by atoms with van der Waals surface area (Å²) in [5.41, 5.74) is 3.65. The first kappa shape index (κ1) is 20.2. The summed E-state index contributed by atoms with van der Waals surface area (Å²) in [6, 6.07) is 8.72. The van der Waals surface area contributed by atoms with Gasteiger partial charge in [-0.3, -0.25) is 9.69 Å². The van der Waals surface area contributed by atoms with E-state index in [1.165, 1.54) is 7.11 Å². The second kappa shape index (κ2) is 7.95. The summed E-state index contributed by atoms with van der Waals surface area (Å²) in [6.45, 7) is 8.51. The molecule has 0 saturated carbocycles. The monoisotopic (exact) mass is 407 g/mol. The second-order valence-electron chi connectivity index (χ2n) is 8.10. The molecule has 0 aliphatic carbocycles. The average molecular weight is 407 g/mol. The van der Waals surface area contributed by atoms with Crippen LogP contribution in [0.4, 0.5) is 0 Å². The average Bonchev–Trinajstić information content (AvgIpc) is 3.03. The number of methoxy groups -OCH3 is 1. The van der Waals surface area contributed by atoms with E-state index in [2.05, 4.69) is 18.7 Å². The second-order valence-corrected chi connectivity index (χ2v) is 8.10. The van der Waals surface area contributed by atoms with E-state index in [4.69, 9.17) is 14.2 Å². The van der Waals surface area contributed by atoms with Gasteiger partial charge in [-0.15, -0.1) is 0 Å². The van der Waals surface area contributed by atoms with Gasteiger partial charge < -0.3 is 14.2 Å². The molecule has 0 bridgehead atoms. The zero-order valence-corrected chi connectivity index (χ0v) is 17.7. The van der Waals surface area contributed by atoms with Crippen molar-refractivity contribution in [2.75, 3.05) is 20.4 Å². The van der Waals surface area contributed by atoms with E-state index in [0.29, 0.717) is 29.5 Å². The molecule has 2 aromatic rings. The maximum absolute atomic E-state index is 13.0. The minimum absolute atomic E-state index is 0.145. The fourth-order valence-corrected chi connectivity index (χ4v) is 3.91. The van der Waals surface area contributed by atoms with Crippen LogP contribution < -0.4 is 9.47 Å². The molecule has 156 valence electrons. The quantitative estimate of drug-likeness (QED) is 0.559. The van der Waals surface area contributed by atoms with Gasteiger partial charge in [0.15, 0.2) is 5.76 Å². The molecule has 2 aromatic carbocycles. The van der Waals surface area contributed by atoms with Gasteiger partial charge in [-0.2, -0.15) is 0 Å². The molecular formula is C24H25NO5. The van der Waals surface area contributed by atoms with Gasteiger partial charge in [-0.1, -0.05) is 26.0 Å². The number of ether oxygens (including phenoxy) is 3. The molecular weight excluding hydrogens is 382 g/mol. The fourth-order valence-electron chi connectivity index (χ4n) is 3.91. The van der Waals surface area contributed by atoms with E-state index in [0.717, 1.165) is 35.5 Å². The van der Waals surface area contributed by atoms with Crippen LogP contribution in [0.15, 0.2) is 36.1 Å². The Kier molecular flexibility index (Phi) is 5.35. The van der Waals surface area contributed by atoms with Gasteiger partial charge in [0.25, 0.3) is 0 Å². The number of hydrogen-bond donors (Lipinski definition) is 0. The van der Waals surface area contributed by atoms with Crippen molar-refractivity contribution in [2.45, 2.75) is 27.3 Å². The first-order valence-corrected chi connectivity index (χ1v) is 10.0. The van der Waals surface area contributed by atoms with Gasteiger partial charge >= 0.3 is 5.97 Å². The Morgan fingerprint density at radius 3 is 2.63 bits per heavy atom. The lowest BCUT2D eigenvalue weighted by Gasteiger charge is -2.31. The molecule has 0 spiro atoms. The van der Waals surface area contributed by atoms with Gasteiger partial charge in [-0.05, 0) is 42.7 Å². The van der Waals surface area contributed by atoms with Crippen LogP contribution in [0.3, 0.4) is 0 Å². The standard InChI is InChI=1S/C24H25NO5/c1-14(2)11-25-12-18-10-19-21(26)20(30-23(19)15(3)22(18)29-13-25)9-16-5-7-17(8-6-16)24(27)28-4/h5-10,14H,11-13H2,1-4H3/b20-9-. The molecule has 0 aromatic heterocycles. The third-order valence-electron chi connectivity index (χ3n) is 5.25. The molecule has 30 heavy (non-hydrogen) atoms. The number of carbonyl (C=O) groups is 2. The summed E-state index contributed by atoms with van der Waals surface area (Å²) >= 11 is 0. The lowest BCUT2D eigenvalue weighted by molar-refractivity contribution is 0.0600. The number of esters is 1. The van der Waals surface area contributed by atoms with Crippen molar-refractivity contribution in [2.24, 2.45) is 5.92 Å². The van der Waals surface area contributed by atoms with Crippen molar-refractivity contribution in [3.8, 4) is 11.5 Å². The topological polar surface area (TPSA) is 65.1 Å². The Bertz CT molecular complexity index is 1040. The van der Waals surface area contributed by atoms with Crippen molar-refractivity contribution >= 4 is 17.8 Å². The number of carbonyl (C=O) groups excluding carboxylic acids is 2. The SMILES string of the molecule is COC(=O)c1ccc(/C=C2\Oc3c(cc4c(c3C)OCN(CC(C)C)C4)C2=O)cc1. The van der Waals surface area contributed by atoms with Crippen molar-refractivity contribution in [1.82, 2.24) is 4.90 Å². The molecule has 2 aliphatic heterocycles. The van der Waals surface area contributed by atoms with Crippen molar-refractivity contribution in [3.05, 3.63) is 63.9 Å². The number of rotatable bonds is 4. The van der Waals surface area contributed by atoms with Crippen LogP contribution in [-0.2, 0) is 11.3 Å². The van der Waals surface area contributed by atoms with E-state index in [9.17, 15) is 9.59 Å². The number of fused-ring (bicyclic) bond motifs is 2. The highest BCUT2D eigenvalue weighted by Gasteiger charge is 2.33. The number of ketones is 1. The van der Waals surface area contributed by atoms with Gasteiger partial charge in [0, 0.05) is 24.2 Å².